The highest BCUT2D eigenvalue weighted by Crippen LogP contribution is 2.18. The van der Waals surface area contributed by atoms with E-state index in [1.54, 1.807) is 45.0 Å². The van der Waals surface area contributed by atoms with Crippen molar-refractivity contribution in [1.82, 2.24) is 10.0 Å². The Morgan fingerprint density at radius 2 is 1.79 bits per heavy atom. The molecule has 0 aliphatic heterocycles. The van der Waals surface area contributed by atoms with Gasteiger partial charge >= 0.3 is 6.09 Å². The van der Waals surface area contributed by atoms with Crippen LogP contribution in [0.2, 0.25) is 0 Å². The second kappa shape index (κ2) is 11.3. The van der Waals surface area contributed by atoms with Crippen molar-refractivity contribution >= 4 is 27.7 Å². The topological polar surface area (TPSA) is 147 Å². The first-order valence-electron chi connectivity index (χ1n) is 9.98. The smallest absolute Gasteiger partial charge is 0.407 e. The van der Waals surface area contributed by atoms with Crippen molar-refractivity contribution in [1.29, 1.82) is 5.26 Å². The van der Waals surface area contributed by atoms with Crippen LogP contribution in [0, 0.1) is 11.3 Å². The average Bonchev–Trinajstić information content (AvgIpc) is 2.74. The van der Waals surface area contributed by atoms with Gasteiger partial charge in [-0.3, -0.25) is 4.79 Å². The Hall–Kier alpha value is -3.62. The van der Waals surface area contributed by atoms with E-state index in [1.807, 2.05) is 6.07 Å². The molecule has 2 aromatic rings. The maximum atomic E-state index is 12.5. The summed E-state index contributed by atoms with van der Waals surface area (Å²) in [7, 11) is -3.88. The molecule has 0 spiro atoms. The first kappa shape index (κ1) is 25.6. The number of anilines is 1. The molecule has 0 heterocycles. The summed E-state index contributed by atoms with van der Waals surface area (Å²) >= 11 is 0. The molecular formula is C22H26N4O6S. The molecule has 0 aliphatic rings. The molecule has 2 amide bonds. The van der Waals surface area contributed by atoms with Crippen LogP contribution in [0.25, 0.3) is 0 Å². The highest BCUT2D eigenvalue weighted by atomic mass is 32.2. The maximum Gasteiger partial charge on any atom is 0.407 e. The van der Waals surface area contributed by atoms with Crippen LogP contribution in [0.3, 0.4) is 0 Å². The Bertz CT molecular complexity index is 1140. The van der Waals surface area contributed by atoms with E-state index in [9.17, 15) is 18.0 Å². The first-order chi connectivity index (χ1) is 15.5. The average molecular weight is 475 g/mol. The molecule has 0 radical (unpaired) electrons. The molecule has 11 heteroatoms. The molecule has 33 heavy (non-hydrogen) atoms. The SMILES string of the molecule is CC(C)(C)OC(=O)NCCNS(=O)(=O)c1cccc(NC(=O)COc2ccccc2C#N)c1. The number of benzene rings is 2. The van der Waals surface area contributed by atoms with Crippen molar-refractivity contribution in [2.45, 2.75) is 31.3 Å². The van der Waals surface area contributed by atoms with Crippen molar-refractivity contribution in [3.8, 4) is 11.8 Å². The molecule has 0 bridgehead atoms. The zero-order valence-electron chi connectivity index (χ0n) is 18.5. The van der Waals surface area contributed by atoms with Crippen LogP contribution < -0.4 is 20.1 Å². The molecule has 2 aromatic carbocycles. The van der Waals surface area contributed by atoms with Crippen LogP contribution in [0.1, 0.15) is 26.3 Å². The van der Waals surface area contributed by atoms with Gasteiger partial charge in [-0.1, -0.05) is 18.2 Å². The molecule has 3 N–H and O–H groups in total. The van der Waals surface area contributed by atoms with Crippen molar-refractivity contribution in [3.05, 3.63) is 54.1 Å². The third-order valence-corrected chi connectivity index (χ3v) is 5.34. The van der Waals surface area contributed by atoms with E-state index in [-0.39, 0.29) is 36.0 Å². The van der Waals surface area contributed by atoms with Crippen molar-refractivity contribution in [2.24, 2.45) is 0 Å². The summed E-state index contributed by atoms with van der Waals surface area (Å²) < 4.78 is 37.8. The molecule has 0 atom stereocenters. The summed E-state index contributed by atoms with van der Waals surface area (Å²) in [6.07, 6.45) is -0.647. The molecule has 176 valence electrons. The molecule has 0 saturated heterocycles. The van der Waals surface area contributed by atoms with Gasteiger partial charge < -0.3 is 20.1 Å². The lowest BCUT2D eigenvalue weighted by Crippen LogP contribution is -2.37. The van der Waals surface area contributed by atoms with Crippen LogP contribution >= 0.6 is 0 Å². The number of hydrogen-bond donors (Lipinski definition) is 3. The van der Waals surface area contributed by atoms with Crippen LogP contribution in [-0.2, 0) is 19.6 Å². The standard InChI is InChI=1S/C22H26N4O6S/c1-22(2,3)32-21(28)24-11-12-25-33(29,30)18-9-6-8-17(13-18)26-20(27)15-31-19-10-5-4-7-16(19)14-23/h4-10,13,25H,11-12,15H2,1-3H3,(H,24,28)(H,26,27). The lowest BCUT2D eigenvalue weighted by atomic mass is 10.2. The summed E-state index contributed by atoms with van der Waals surface area (Å²) in [4.78, 5) is 23.7. The van der Waals surface area contributed by atoms with E-state index < -0.39 is 27.6 Å². The second-order valence-corrected chi connectivity index (χ2v) is 9.57. The van der Waals surface area contributed by atoms with Crippen LogP contribution in [-0.4, -0.2) is 45.7 Å². The number of hydrogen-bond acceptors (Lipinski definition) is 7. The number of rotatable bonds is 9. The molecule has 2 rings (SSSR count). The van der Waals surface area contributed by atoms with Gasteiger partial charge in [0.15, 0.2) is 6.61 Å². The number of nitriles is 1. The van der Waals surface area contributed by atoms with Crippen LogP contribution in [0.4, 0.5) is 10.5 Å². The molecule has 10 nitrogen and oxygen atoms in total. The Kier molecular flexibility index (Phi) is 8.78. The fourth-order valence-electron chi connectivity index (χ4n) is 2.51. The monoisotopic (exact) mass is 474 g/mol. The largest absolute Gasteiger partial charge is 0.482 e. The fraction of sp³-hybridized carbons (Fsp3) is 0.318. The summed E-state index contributed by atoms with van der Waals surface area (Å²) in [6, 6.07) is 14.2. The number of nitrogens with zero attached hydrogens (tertiary/aromatic N) is 1. The number of carbonyl (C=O) groups is 2. The lowest BCUT2D eigenvalue weighted by Gasteiger charge is -2.19. The quantitative estimate of drug-likeness (QED) is 0.473. The van der Waals surface area contributed by atoms with E-state index in [1.165, 1.54) is 24.3 Å². The predicted molar refractivity (Wildman–Crippen MR) is 121 cm³/mol. The van der Waals surface area contributed by atoms with Gasteiger partial charge in [-0.05, 0) is 51.1 Å². The lowest BCUT2D eigenvalue weighted by molar-refractivity contribution is -0.118. The molecular weight excluding hydrogens is 448 g/mol. The molecule has 0 fully saturated rings. The highest BCUT2D eigenvalue weighted by Gasteiger charge is 2.17. The number of para-hydroxylation sites is 1. The third-order valence-electron chi connectivity index (χ3n) is 3.88. The van der Waals surface area contributed by atoms with E-state index in [0.29, 0.717) is 5.56 Å². The maximum absolute atomic E-state index is 12.5. The predicted octanol–water partition coefficient (Wildman–Crippen LogP) is 2.38. The highest BCUT2D eigenvalue weighted by molar-refractivity contribution is 7.89. The third kappa shape index (κ3) is 8.80. The van der Waals surface area contributed by atoms with E-state index in [4.69, 9.17) is 14.7 Å². The van der Waals surface area contributed by atoms with E-state index in [2.05, 4.69) is 15.4 Å². The summed E-state index contributed by atoms with van der Waals surface area (Å²) in [5, 5.41) is 14.1. The number of amides is 2. The number of ether oxygens (including phenoxy) is 2. The minimum Gasteiger partial charge on any atom is -0.482 e. The van der Waals surface area contributed by atoms with Gasteiger partial charge in [-0.15, -0.1) is 0 Å². The fourth-order valence-corrected chi connectivity index (χ4v) is 3.59. The van der Waals surface area contributed by atoms with Gasteiger partial charge in [0.2, 0.25) is 10.0 Å². The Balaban J connectivity index is 1.88. The number of nitrogens with one attached hydrogen (secondary N) is 3. The van der Waals surface area contributed by atoms with Crippen molar-refractivity contribution < 1.29 is 27.5 Å². The van der Waals surface area contributed by atoms with Crippen LogP contribution in [0.15, 0.2) is 53.4 Å². The minimum atomic E-state index is -3.88. The van der Waals surface area contributed by atoms with Gasteiger partial charge in [-0.25, -0.2) is 17.9 Å². The molecule has 0 saturated carbocycles. The Morgan fingerprint density at radius 1 is 1.06 bits per heavy atom. The zero-order valence-corrected chi connectivity index (χ0v) is 19.4. The zero-order chi connectivity index (χ0) is 24.5. The van der Waals surface area contributed by atoms with E-state index in [0.717, 1.165) is 0 Å². The summed E-state index contributed by atoms with van der Waals surface area (Å²) in [5.74, 6) is -0.248. The van der Waals surface area contributed by atoms with Gasteiger partial charge in [-0.2, -0.15) is 5.26 Å². The molecule has 0 aliphatic carbocycles. The van der Waals surface area contributed by atoms with E-state index >= 15 is 0 Å². The van der Waals surface area contributed by atoms with Crippen molar-refractivity contribution in [2.75, 3.05) is 25.0 Å². The Morgan fingerprint density at radius 3 is 2.48 bits per heavy atom. The second-order valence-electron chi connectivity index (χ2n) is 7.80. The molecule has 0 aromatic heterocycles. The minimum absolute atomic E-state index is 0.0338. The van der Waals surface area contributed by atoms with Gasteiger partial charge in [0, 0.05) is 18.8 Å². The normalized spacial score (nSPS) is 11.2. The number of sulfonamides is 1. The first-order valence-corrected chi connectivity index (χ1v) is 11.5. The van der Waals surface area contributed by atoms with Gasteiger partial charge in [0.25, 0.3) is 5.91 Å². The molecule has 0 unspecified atom stereocenters. The number of carbonyl (C=O) groups excluding carboxylic acids is 2. The van der Waals surface area contributed by atoms with Gasteiger partial charge in [0.05, 0.1) is 10.5 Å². The van der Waals surface area contributed by atoms with Gasteiger partial charge in [0.1, 0.15) is 17.4 Å². The summed E-state index contributed by atoms with van der Waals surface area (Å²) in [5.41, 5.74) is -0.101. The Labute approximate surface area is 192 Å². The van der Waals surface area contributed by atoms with Crippen molar-refractivity contribution in [3.63, 3.8) is 0 Å². The summed E-state index contributed by atoms with van der Waals surface area (Å²) in [6.45, 7) is 4.79. The van der Waals surface area contributed by atoms with Crippen LogP contribution in [0.5, 0.6) is 5.75 Å². The number of alkyl carbamates (subject to hydrolysis) is 1.